The van der Waals surface area contributed by atoms with E-state index in [0.29, 0.717) is 5.56 Å². The summed E-state index contributed by atoms with van der Waals surface area (Å²) < 4.78 is 26.7. The van der Waals surface area contributed by atoms with E-state index in [1.165, 1.54) is 17.7 Å². The summed E-state index contributed by atoms with van der Waals surface area (Å²) in [5.41, 5.74) is 1.51. The second-order valence-corrected chi connectivity index (χ2v) is 9.41. The first kappa shape index (κ1) is 22.3. The smallest absolute Gasteiger partial charge is 0.251 e. The molecule has 158 valence electrons. The van der Waals surface area contributed by atoms with E-state index in [9.17, 15) is 13.2 Å². The first-order valence-corrected chi connectivity index (χ1v) is 11.5. The predicted octanol–water partition coefficient (Wildman–Crippen LogP) is 2.65. The Balaban J connectivity index is 1.54. The van der Waals surface area contributed by atoms with Crippen LogP contribution in [0.5, 0.6) is 0 Å². The third-order valence-electron chi connectivity index (χ3n) is 5.01. The van der Waals surface area contributed by atoms with Crippen LogP contribution in [-0.2, 0) is 16.6 Å². The van der Waals surface area contributed by atoms with Crippen LogP contribution < -0.4 is 10.0 Å². The normalized spacial score (nSPS) is 15.5. The van der Waals surface area contributed by atoms with E-state index in [1.807, 2.05) is 24.3 Å². The summed E-state index contributed by atoms with van der Waals surface area (Å²) in [6.45, 7) is 2.49. The predicted molar refractivity (Wildman–Crippen MR) is 118 cm³/mol. The Morgan fingerprint density at radius 2 is 1.87 bits per heavy atom. The maximum atomic E-state index is 12.6. The number of terminal acetylenes is 1. The molecule has 6 nitrogen and oxygen atoms in total. The lowest BCUT2D eigenvalue weighted by Gasteiger charge is -2.32. The highest BCUT2D eigenvalue weighted by Gasteiger charge is 2.22. The monoisotopic (exact) mass is 445 g/mol. The molecule has 0 aromatic heterocycles. The van der Waals surface area contributed by atoms with E-state index < -0.39 is 10.0 Å². The number of halogens is 1. The summed E-state index contributed by atoms with van der Waals surface area (Å²) in [5, 5.41) is 3.74. The molecule has 30 heavy (non-hydrogen) atoms. The van der Waals surface area contributed by atoms with E-state index in [4.69, 9.17) is 18.0 Å². The maximum Gasteiger partial charge on any atom is 0.251 e. The number of nitrogens with zero attached hydrogens (tertiary/aromatic N) is 1. The Bertz CT molecular complexity index is 1020. The molecule has 0 saturated carbocycles. The highest BCUT2D eigenvalue weighted by atomic mass is 35.5. The molecule has 1 amide bonds. The lowest BCUT2D eigenvalue weighted by Crippen LogP contribution is -2.44. The zero-order chi connectivity index (χ0) is 21.6. The summed E-state index contributed by atoms with van der Waals surface area (Å²) in [6.07, 6.45) is 6.77. The fourth-order valence-electron chi connectivity index (χ4n) is 3.38. The van der Waals surface area contributed by atoms with Gasteiger partial charge in [-0.1, -0.05) is 35.7 Å². The molecule has 2 aromatic rings. The average molecular weight is 446 g/mol. The minimum Gasteiger partial charge on any atom is -0.349 e. The average Bonchev–Trinajstić information content (AvgIpc) is 2.75. The van der Waals surface area contributed by atoms with Crippen molar-refractivity contribution in [3.05, 3.63) is 64.7 Å². The number of hydrogen-bond donors (Lipinski definition) is 2. The number of carbonyl (C=O) groups is 1. The molecule has 0 aliphatic carbocycles. The van der Waals surface area contributed by atoms with E-state index >= 15 is 0 Å². The number of amides is 1. The standard InChI is InChI=1S/C22H24ClN3O3S/c1-2-12-24-30(28,29)21-5-3-4-18(15-21)22(27)25-20-10-13-26(14-11-20)16-17-6-8-19(23)9-7-17/h1,3-9,15,20,24H,10-14,16H2,(H,25,27). The van der Waals surface area contributed by atoms with Crippen molar-refractivity contribution < 1.29 is 13.2 Å². The van der Waals surface area contributed by atoms with Crippen LogP contribution in [0, 0.1) is 12.3 Å². The van der Waals surface area contributed by atoms with E-state index in [-0.39, 0.29) is 23.4 Å². The molecule has 2 aromatic carbocycles. The van der Waals surface area contributed by atoms with Crippen molar-refractivity contribution in [2.24, 2.45) is 0 Å². The van der Waals surface area contributed by atoms with Crippen LogP contribution in [0.15, 0.2) is 53.4 Å². The van der Waals surface area contributed by atoms with Crippen LogP contribution in [0.3, 0.4) is 0 Å². The molecule has 3 rings (SSSR count). The molecule has 0 unspecified atom stereocenters. The molecule has 0 radical (unpaired) electrons. The van der Waals surface area contributed by atoms with Crippen molar-refractivity contribution in [1.82, 2.24) is 14.9 Å². The fraction of sp³-hybridized carbons (Fsp3) is 0.318. The summed E-state index contributed by atoms with van der Waals surface area (Å²) in [5.74, 6) is 1.95. The van der Waals surface area contributed by atoms with Crippen molar-refractivity contribution in [3.63, 3.8) is 0 Å². The number of rotatable bonds is 7. The molecule has 0 spiro atoms. The van der Waals surface area contributed by atoms with E-state index in [2.05, 4.69) is 20.9 Å². The van der Waals surface area contributed by atoms with Gasteiger partial charge in [-0.2, -0.15) is 4.72 Å². The van der Waals surface area contributed by atoms with Crippen molar-refractivity contribution in [1.29, 1.82) is 0 Å². The van der Waals surface area contributed by atoms with Crippen LogP contribution >= 0.6 is 11.6 Å². The quantitative estimate of drug-likeness (QED) is 0.642. The van der Waals surface area contributed by atoms with Gasteiger partial charge in [-0.3, -0.25) is 9.69 Å². The summed E-state index contributed by atoms with van der Waals surface area (Å²) >= 11 is 5.93. The molecule has 0 bridgehead atoms. The van der Waals surface area contributed by atoms with Crippen LogP contribution in [0.1, 0.15) is 28.8 Å². The Hall–Kier alpha value is -2.37. The minimum absolute atomic E-state index is 0.0168. The third-order valence-corrected chi connectivity index (χ3v) is 6.66. The molecular weight excluding hydrogens is 422 g/mol. The molecule has 1 aliphatic heterocycles. The SMILES string of the molecule is C#CCNS(=O)(=O)c1cccc(C(=O)NC2CCN(Cc3ccc(Cl)cc3)CC2)c1. The zero-order valence-corrected chi connectivity index (χ0v) is 18.0. The molecule has 1 heterocycles. The number of likely N-dealkylation sites (tertiary alicyclic amines) is 1. The van der Waals surface area contributed by atoms with Crippen LogP contribution in [0.25, 0.3) is 0 Å². The lowest BCUT2D eigenvalue weighted by atomic mass is 10.0. The van der Waals surface area contributed by atoms with Gasteiger partial charge in [0.25, 0.3) is 5.91 Å². The zero-order valence-electron chi connectivity index (χ0n) is 16.5. The molecule has 0 atom stereocenters. The second kappa shape index (κ2) is 10.1. The largest absolute Gasteiger partial charge is 0.349 e. The van der Waals surface area contributed by atoms with Crippen molar-refractivity contribution >= 4 is 27.5 Å². The van der Waals surface area contributed by atoms with Gasteiger partial charge >= 0.3 is 0 Å². The number of nitrogens with one attached hydrogen (secondary N) is 2. The molecule has 8 heteroatoms. The highest BCUT2D eigenvalue weighted by Crippen LogP contribution is 2.17. The summed E-state index contributed by atoms with van der Waals surface area (Å²) in [7, 11) is -3.74. The number of piperidine rings is 1. The van der Waals surface area contributed by atoms with Gasteiger partial charge < -0.3 is 5.32 Å². The minimum atomic E-state index is -3.74. The molecular formula is C22H24ClN3O3S. The van der Waals surface area contributed by atoms with Gasteiger partial charge in [0.15, 0.2) is 0 Å². The van der Waals surface area contributed by atoms with Crippen molar-refractivity contribution in [3.8, 4) is 12.3 Å². The van der Waals surface area contributed by atoms with Crippen LogP contribution in [0.2, 0.25) is 5.02 Å². The van der Waals surface area contributed by atoms with E-state index in [0.717, 1.165) is 37.5 Å². The van der Waals surface area contributed by atoms with Crippen molar-refractivity contribution in [2.45, 2.75) is 30.3 Å². The lowest BCUT2D eigenvalue weighted by molar-refractivity contribution is 0.0908. The third kappa shape index (κ3) is 6.07. The van der Waals surface area contributed by atoms with Gasteiger partial charge in [-0.05, 0) is 48.7 Å². The molecule has 1 fully saturated rings. The van der Waals surface area contributed by atoms with Gasteiger partial charge in [-0.25, -0.2) is 8.42 Å². The number of hydrogen-bond acceptors (Lipinski definition) is 4. The first-order chi connectivity index (χ1) is 14.4. The highest BCUT2D eigenvalue weighted by molar-refractivity contribution is 7.89. The number of benzene rings is 2. The van der Waals surface area contributed by atoms with E-state index in [1.54, 1.807) is 12.1 Å². The fourth-order valence-corrected chi connectivity index (χ4v) is 4.48. The van der Waals surface area contributed by atoms with Gasteiger partial charge in [0.2, 0.25) is 10.0 Å². The number of sulfonamides is 1. The summed E-state index contributed by atoms with van der Waals surface area (Å²) in [4.78, 5) is 15.0. The topological polar surface area (TPSA) is 78.5 Å². The Kier molecular flexibility index (Phi) is 7.51. The maximum absolute atomic E-state index is 12.6. The first-order valence-electron chi connectivity index (χ1n) is 9.68. The van der Waals surface area contributed by atoms with Crippen LogP contribution in [-0.4, -0.2) is 44.9 Å². The van der Waals surface area contributed by atoms with Crippen molar-refractivity contribution in [2.75, 3.05) is 19.6 Å². The molecule has 1 saturated heterocycles. The number of carbonyl (C=O) groups excluding carboxylic acids is 1. The molecule has 2 N–H and O–H groups in total. The van der Waals surface area contributed by atoms with Gasteiger partial charge in [0, 0.05) is 36.3 Å². The van der Waals surface area contributed by atoms with Gasteiger partial charge in [0.05, 0.1) is 11.4 Å². The van der Waals surface area contributed by atoms with Gasteiger partial charge in [-0.15, -0.1) is 6.42 Å². The Morgan fingerprint density at radius 3 is 2.53 bits per heavy atom. The Labute approximate surface area is 182 Å². The summed E-state index contributed by atoms with van der Waals surface area (Å²) in [6, 6.07) is 13.8. The molecule has 1 aliphatic rings. The van der Waals surface area contributed by atoms with Gasteiger partial charge in [0.1, 0.15) is 0 Å². The van der Waals surface area contributed by atoms with Crippen LogP contribution in [0.4, 0.5) is 0 Å². The second-order valence-electron chi connectivity index (χ2n) is 7.21. The Morgan fingerprint density at radius 1 is 1.17 bits per heavy atom.